The maximum Gasteiger partial charge on any atom is 0.315 e. The van der Waals surface area contributed by atoms with Gasteiger partial charge in [-0.3, -0.25) is 4.79 Å². The molecule has 148 valence electrons. The fourth-order valence-corrected chi connectivity index (χ4v) is 3.53. The zero-order valence-electron chi connectivity index (χ0n) is 15.9. The molecule has 4 rings (SSSR count). The lowest BCUT2D eigenvalue weighted by molar-refractivity contribution is -0.156. The molecule has 0 spiro atoms. The Bertz CT molecular complexity index is 892. The zero-order valence-corrected chi connectivity index (χ0v) is 15.9. The van der Waals surface area contributed by atoms with Gasteiger partial charge in [-0.2, -0.15) is 0 Å². The molecular weight excluding hydrogens is 364 g/mol. The second-order valence-corrected chi connectivity index (χ2v) is 7.01. The first kappa shape index (κ1) is 18.4. The van der Waals surface area contributed by atoms with Gasteiger partial charge >= 0.3 is 5.97 Å². The predicted octanol–water partition coefficient (Wildman–Crippen LogP) is 3.16. The molecule has 2 aliphatic rings. The van der Waals surface area contributed by atoms with Gasteiger partial charge < -0.3 is 28.8 Å². The fraction of sp³-hybridized carbons (Fsp3) is 0.381. The summed E-state index contributed by atoms with van der Waals surface area (Å²) in [6, 6.07) is 10.5. The molecule has 0 saturated carbocycles. The number of ether oxygens (including phenoxy) is 5. The summed E-state index contributed by atoms with van der Waals surface area (Å²) in [5, 5.41) is 11.0. The number of aliphatic hydroxyl groups excluding tert-OH is 1. The van der Waals surface area contributed by atoms with Gasteiger partial charge in [0, 0.05) is 5.56 Å². The van der Waals surface area contributed by atoms with Crippen LogP contribution in [0.25, 0.3) is 0 Å². The van der Waals surface area contributed by atoms with Crippen molar-refractivity contribution in [2.45, 2.75) is 32.2 Å². The Labute approximate surface area is 162 Å². The van der Waals surface area contributed by atoms with E-state index in [0.29, 0.717) is 34.1 Å². The summed E-state index contributed by atoms with van der Waals surface area (Å²) in [4.78, 5) is 12.5. The van der Waals surface area contributed by atoms with Gasteiger partial charge in [-0.25, -0.2) is 0 Å². The van der Waals surface area contributed by atoms with Crippen molar-refractivity contribution in [2.75, 3.05) is 13.9 Å². The van der Waals surface area contributed by atoms with E-state index in [1.165, 1.54) is 7.11 Å². The van der Waals surface area contributed by atoms with Crippen LogP contribution in [0.4, 0.5) is 0 Å². The van der Waals surface area contributed by atoms with Crippen molar-refractivity contribution < 1.29 is 33.6 Å². The van der Waals surface area contributed by atoms with E-state index in [9.17, 15) is 9.90 Å². The van der Waals surface area contributed by atoms with Crippen molar-refractivity contribution in [3.8, 4) is 23.0 Å². The minimum absolute atomic E-state index is 0.0162. The van der Waals surface area contributed by atoms with Gasteiger partial charge in [0.2, 0.25) is 6.79 Å². The van der Waals surface area contributed by atoms with Crippen molar-refractivity contribution >= 4 is 5.97 Å². The first-order valence-electron chi connectivity index (χ1n) is 9.10. The molecule has 28 heavy (non-hydrogen) atoms. The molecule has 1 unspecified atom stereocenters. The molecule has 2 aliphatic heterocycles. The Morgan fingerprint density at radius 1 is 1.11 bits per heavy atom. The van der Waals surface area contributed by atoms with E-state index in [0.717, 1.165) is 0 Å². The Balaban J connectivity index is 1.74. The van der Waals surface area contributed by atoms with Gasteiger partial charge in [-0.05, 0) is 49.7 Å². The SMILES string of the molecule is COC(=O)[C@H]1C(O)c2cc(OC(C)C)ccc2O[C@@H]1c1ccc2c(c1)OCO2. The normalized spacial score (nSPS) is 22.4. The minimum atomic E-state index is -1.11. The molecule has 2 heterocycles. The topological polar surface area (TPSA) is 83.5 Å². The summed E-state index contributed by atoms with van der Waals surface area (Å²) >= 11 is 0. The van der Waals surface area contributed by atoms with Gasteiger partial charge in [0.25, 0.3) is 0 Å². The molecule has 0 bridgehead atoms. The summed E-state index contributed by atoms with van der Waals surface area (Å²) in [5.41, 5.74) is 1.18. The minimum Gasteiger partial charge on any atom is -0.491 e. The number of hydrogen-bond donors (Lipinski definition) is 1. The molecular formula is C21H22O7. The highest BCUT2D eigenvalue weighted by Crippen LogP contribution is 2.48. The molecule has 7 nitrogen and oxygen atoms in total. The first-order valence-corrected chi connectivity index (χ1v) is 9.10. The van der Waals surface area contributed by atoms with Gasteiger partial charge in [0.1, 0.15) is 23.5 Å². The smallest absolute Gasteiger partial charge is 0.315 e. The van der Waals surface area contributed by atoms with Crippen LogP contribution in [-0.4, -0.2) is 31.1 Å². The van der Waals surface area contributed by atoms with Crippen molar-refractivity contribution in [3.63, 3.8) is 0 Å². The van der Waals surface area contributed by atoms with Crippen LogP contribution < -0.4 is 18.9 Å². The summed E-state index contributed by atoms with van der Waals surface area (Å²) in [6.45, 7) is 3.98. The standard InChI is InChI=1S/C21H22O7/c1-11(2)27-13-5-7-15-14(9-13)19(22)18(21(23)24-3)20(28-15)12-4-6-16-17(8-12)26-10-25-16/h4-9,11,18-20,22H,10H2,1-3H3/t18-,19?,20+/m0/s1. The van der Waals surface area contributed by atoms with Crippen molar-refractivity contribution in [1.29, 1.82) is 0 Å². The maximum atomic E-state index is 12.5. The number of carbonyl (C=O) groups is 1. The van der Waals surface area contributed by atoms with Crippen molar-refractivity contribution in [3.05, 3.63) is 47.5 Å². The molecule has 0 aromatic heterocycles. The third kappa shape index (κ3) is 3.22. The van der Waals surface area contributed by atoms with Crippen LogP contribution >= 0.6 is 0 Å². The summed E-state index contributed by atoms with van der Waals surface area (Å²) < 4.78 is 27.5. The van der Waals surface area contributed by atoms with E-state index >= 15 is 0 Å². The molecule has 3 atom stereocenters. The molecule has 0 aliphatic carbocycles. The number of esters is 1. The van der Waals surface area contributed by atoms with E-state index in [1.807, 2.05) is 13.8 Å². The number of benzene rings is 2. The van der Waals surface area contributed by atoms with Crippen LogP contribution in [-0.2, 0) is 9.53 Å². The number of hydrogen-bond acceptors (Lipinski definition) is 7. The maximum absolute atomic E-state index is 12.5. The van der Waals surface area contributed by atoms with Crippen molar-refractivity contribution in [1.82, 2.24) is 0 Å². The second kappa shape index (κ2) is 7.24. The quantitative estimate of drug-likeness (QED) is 0.808. The van der Waals surface area contributed by atoms with Gasteiger partial charge in [0.05, 0.1) is 19.3 Å². The van der Waals surface area contributed by atoms with E-state index in [-0.39, 0.29) is 12.9 Å². The fourth-order valence-electron chi connectivity index (χ4n) is 3.53. The Morgan fingerprint density at radius 2 is 1.86 bits per heavy atom. The number of methoxy groups -OCH3 is 1. The molecule has 7 heteroatoms. The van der Waals surface area contributed by atoms with Crippen LogP contribution in [0.5, 0.6) is 23.0 Å². The molecule has 0 fully saturated rings. The van der Waals surface area contributed by atoms with E-state index in [1.54, 1.807) is 36.4 Å². The van der Waals surface area contributed by atoms with Gasteiger partial charge in [0.15, 0.2) is 11.5 Å². The van der Waals surface area contributed by atoms with Crippen LogP contribution in [0.15, 0.2) is 36.4 Å². The lowest BCUT2D eigenvalue weighted by Crippen LogP contribution is -2.36. The van der Waals surface area contributed by atoms with Crippen LogP contribution in [0.3, 0.4) is 0 Å². The molecule has 0 amide bonds. The molecule has 1 N–H and O–H groups in total. The first-order chi connectivity index (χ1) is 13.5. The summed E-state index contributed by atoms with van der Waals surface area (Å²) in [7, 11) is 1.29. The Kier molecular flexibility index (Phi) is 4.77. The summed E-state index contributed by atoms with van der Waals surface area (Å²) in [5.74, 6) is 0.799. The Morgan fingerprint density at radius 3 is 2.61 bits per heavy atom. The summed E-state index contributed by atoms with van der Waals surface area (Å²) in [6.07, 6.45) is -1.86. The number of fused-ring (bicyclic) bond motifs is 2. The number of carbonyl (C=O) groups excluding carboxylic acids is 1. The van der Waals surface area contributed by atoms with Crippen molar-refractivity contribution in [2.24, 2.45) is 5.92 Å². The Hall–Kier alpha value is -2.93. The highest BCUT2D eigenvalue weighted by Gasteiger charge is 2.44. The molecule has 0 saturated heterocycles. The van der Waals surface area contributed by atoms with E-state index in [2.05, 4.69) is 0 Å². The van der Waals surface area contributed by atoms with Gasteiger partial charge in [-0.1, -0.05) is 6.07 Å². The number of rotatable bonds is 4. The average Bonchev–Trinajstić information content (AvgIpc) is 3.15. The lowest BCUT2D eigenvalue weighted by atomic mass is 9.84. The number of aliphatic hydroxyl groups is 1. The van der Waals surface area contributed by atoms with E-state index < -0.39 is 24.1 Å². The van der Waals surface area contributed by atoms with Gasteiger partial charge in [-0.15, -0.1) is 0 Å². The highest BCUT2D eigenvalue weighted by atomic mass is 16.7. The molecule has 0 radical (unpaired) electrons. The van der Waals surface area contributed by atoms with E-state index in [4.69, 9.17) is 23.7 Å². The second-order valence-electron chi connectivity index (χ2n) is 7.01. The predicted molar refractivity (Wildman–Crippen MR) is 98.6 cm³/mol. The highest BCUT2D eigenvalue weighted by molar-refractivity contribution is 5.75. The third-order valence-electron chi connectivity index (χ3n) is 4.79. The average molecular weight is 386 g/mol. The van der Waals surface area contributed by atoms with Crippen LogP contribution in [0.2, 0.25) is 0 Å². The molecule has 2 aromatic carbocycles. The lowest BCUT2D eigenvalue weighted by Gasteiger charge is -2.36. The third-order valence-corrected chi connectivity index (χ3v) is 4.79. The van der Waals surface area contributed by atoms with Crippen LogP contribution in [0, 0.1) is 5.92 Å². The largest absolute Gasteiger partial charge is 0.491 e. The monoisotopic (exact) mass is 386 g/mol. The van der Waals surface area contributed by atoms with Crippen LogP contribution in [0.1, 0.15) is 37.2 Å². The zero-order chi connectivity index (χ0) is 19.8. The molecule has 2 aromatic rings.